The molecule has 0 aliphatic rings. The Balaban J connectivity index is 1.97. The van der Waals surface area contributed by atoms with E-state index in [9.17, 15) is 4.79 Å². The number of aryl methyl sites for hydroxylation is 1. The van der Waals surface area contributed by atoms with Gasteiger partial charge < -0.3 is 19.6 Å². The van der Waals surface area contributed by atoms with Crippen LogP contribution in [0.25, 0.3) is 11.0 Å². The van der Waals surface area contributed by atoms with Crippen molar-refractivity contribution in [3.63, 3.8) is 0 Å². The summed E-state index contributed by atoms with van der Waals surface area (Å²) in [6.45, 7) is 2.23. The van der Waals surface area contributed by atoms with Gasteiger partial charge in [-0.2, -0.15) is 0 Å². The van der Waals surface area contributed by atoms with E-state index in [1.54, 1.807) is 6.20 Å². The number of aromatic amines is 2. The molecule has 0 saturated carbocycles. The molecular formula is C15H17N5O2. The lowest BCUT2D eigenvalue weighted by atomic mass is 10.2. The van der Waals surface area contributed by atoms with Gasteiger partial charge in [-0.05, 0) is 13.0 Å². The van der Waals surface area contributed by atoms with Crippen LogP contribution in [0.15, 0.2) is 29.6 Å². The summed E-state index contributed by atoms with van der Waals surface area (Å²) < 4.78 is 5.17. The number of methoxy groups -OCH3 is 1. The zero-order valence-electron chi connectivity index (χ0n) is 12.7. The van der Waals surface area contributed by atoms with E-state index in [0.717, 1.165) is 16.9 Å². The molecule has 0 amide bonds. The van der Waals surface area contributed by atoms with Crippen LogP contribution in [0.1, 0.15) is 11.3 Å². The van der Waals surface area contributed by atoms with E-state index in [1.165, 1.54) is 13.4 Å². The second-order valence-electron chi connectivity index (χ2n) is 5.09. The second-order valence-corrected chi connectivity index (χ2v) is 5.09. The van der Waals surface area contributed by atoms with Gasteiger partial charge in [0.2, 0.25) is 5.43 Å². The van der Waals surface area contributed by atoms with Crippen LogP contribution in [-0.2, 0) is 6.54 Å². The van der Waals surface area contributed by atoms with Crippen molar-refractivity contribution >= 4 is 16.9 Å². The third kappa shape index (κ3) is 2.30. The first-order valence-corrected chi connectivity index (χ1v) is 6.86. The van der Waals surface area contributed by atoms with Crippen molar-refractivity contribution in [1.82, 2.24) is 19.9 Å². The van der Waals surface area contributed by atoms with Gasteiger partial charge in [0.05, 0.1) is 18.2 Å². The zero-order valence-corrected chi connectivity index (χ0v) is 12.7. The van der Waals surface area contributed by atoms with Gasteiger partial charge in [-0.15, -0.1) is 0 Å². The molecule has 0 aliphatic carbocycles. The maximum absolute atomic E-state index is 12.4. The minimum atomic E-state index is -0.107. The van der Waals surface area contributed by atoms with Crippen molar-refractivity contribution in [3.8, 4) is 5.75 Å². The molecule has 0 atom stereocenters. The Morgan fingerprint density at radius 3 is 2.91 bits per heavy atom. The van der Waals surface area contributed by atoms with E-state index < -0.39 is 0 Å². The Bertz CT molecular complexity index is 868. The molecule has 0 bridgehead atoms. The minimum absolute atomic E-state index is 0.107. The standard InChI is InChI=1S/C15H17N5O2/c1-9-13(22-3)12(21)10(6-17-9)7-20(2)15-11-4-5-16-14(11)18-8-19-15/h4-6,8H,7H2,1-3H3,(H,17,21)(H,16,18,19). The quantitative estimate of drug-likeness (QED) is 0.764. The van der Waals surface area contributed by atoms with Crippen molar-refractivity contribution in [2.75, 3.05) is 19.1 Å². The first-order chi connectivity index (χ1) is 10.6. The summed E-state index contributed by atoms with van der Waals surface area (Å²) in [4.78, 5) is 28.9. The number of anilines is 1. The highest BCUT2D eigenvalue weighted by molar-refractivity contribution is 5.87. The summed E-state index contributed by atoms with van der Waals surface area (Å²) in [6.07, 6.45) is 5.04. The van der Waals surface area contributed by atoms with Crippen LogP contribution < -0.4 is 15.1 Å². The predicted octanol–water partition coefficient (Wildman–Crippen LogP) is 1.60. The van der Waals surface area contributed by atoms with Gasteiger partial charge in [0.1, 0.15) is 17.8 Å². The summed E-state index contributed by atoms with van der Waals surface area (Å²) >= 11 is 0. The summed E-state index contributed by atoms with van der Waals surface area (Å²) in [5.41, 5.74) is 2.00. The highest BCUT2D eigenvalue weighted by atomic mass is 16.5. The molecule has 7 heteroatoms. The number of aromatic nitrogens is 4. The molecule has 3 heterocycles. The number of hydrogen-bond donors (Lipinski definition) is 2. The van der Waals surface area contributed by atoms with Gasteiger partial charge in [-0.25, -0.2) is 9.97 Å². The molecule has 114 valence electrons. The van der Waals surface area contributed by atoms with Crippen LogP contribution >= 0.6 is 0 Å². The van der Waals surface area contributed by atoms with Crippen molar-refractivity contribution in [2.45, 2.75) is 13.5 Å². The van der Waals surface area contributed by atoms with E-state index in [-0.39, 0.29) is 5.43 Å². The number of nitrogens with zero attached hydrogens (tertiary/aromatic N) is 3. The summed E-state index contributed by atoms with van der Waals surface area (Å²) in [5.74, 6) is 1.12. The molecule has 0 saturated heterocycles. The second kappa shape index (κ2) is 5.51. The van der Waals surface area contributed by atoms with E-state index in [0.29, 0.717) is 23.6 Å². The third-order valence-electron chi connectivity index (χ3n) is 3.61. The molecule has 0 aliphatic heterocycles. The van der Waals surface area contributed by atoms with Gasteiger partial charge in [0, 0.05) is 31.5 Å². The smallest absolute Gasteiger partial charge is 0.228 e. The molecule has 0 aromatic carbocycles. The molecule has 0 spiro atoms. The van der Waals surface area contributed by atoms with Crippen molar-refractivity contribution in [1.29, 1.82) is 0 Å². The normalized spacial score (nSPS) is 10.9. The molecule has 7 nitrogen and oxygen atoms in total. The number of rotatable bonds is 4. The average molecular weight is 299 g/mol. The van der Waals surface area contributed by atoms with Crippen LogP contribution in [0.3, 0.4) is 0 Å². The fraction of sp³-hybridized carbons (Fsp3) is 0.267. The number of H-pyrrole nitrogens is 2. The van der Waals surface area contributed by atoms with Crippen LogP contribution in [0.4, 0.5) is 5.82 Å². The number of nitrogens with one attached hydrogen (secondary N) is 2. The summed E-state index contributed by atoms with van der Waals surface area (Å²) in [6, 6.07) is 1.92. The zero-order chi connectivity index (χ0) is 15.7. The Kier molecular flexibility index (Phi) is 3.54. The molecule has 0 fully saturated rings. The highest BCUT2D eigenvalue weighted by Gasteiger charge is 2.14. The molecule has 3 aromatic heterocycles. The molecule has 3 rings (SSSR count). The number of ether oxygens (including phenoxy) is 1. The van der Waals surface area contributed by atoms with Crippen LogP contribution in [0, 0.1) is 6.92 Å². The Morgan fingerprint density at radius 2 is 2.14 bits per heavy atom. The Morgan fingerprint density at radius 1 is 1.32 bits per heavy atom. The van der Waals surface area contributed by atoms with Crippen molar-refractivity contribution in [3.05, 3.63) is 46.3 Å². The predicted molar refractivity (Wildman–Crippen MR) is 84.3 cm³/mol. The van der Waals surface area contributed by atoms with E-state index in [1.807, 2.05) is 31.1 Å². The van der Waals surface area contributed by atoms with Crippen LogP contribution in [0.5, 0.6) is 5.75 Å². The van der Waals surface area contributed by atoms with Crippen molar-refractivity contribution in [2.24, 2.45) is 0 Å². The van der Waals surface area contributed by atoms with Gasteiger partial charge in [0.25, 0.3) is 0 Å². The fourth-order valence-electron chi connectivity index (χ4n) is 2.50. The third-order valence-corrected chi connectivity index (χ3v) is 3.61. The largest absolute Gasteiger partial charge is 0.491 e. The molecule has 2 N–H and O–H groups in total. The fourth-order valence-corrected chi connectivity index (χ4v) is 2.50. The maximum Gasteiger partial charge on any atom is 0.228 e. The van der Waals surface area contributed by atoms with Crippen molar-refractivity contribution < 1.29 is 4.74 Å². The van der Waals surface area contributed by atoms with Crippen LogP contribution in [-0.4, -0.2) is 34.1 Å². The summed E-state index contributed by atoms with van der Waals surface area (Å²) in [7, 11) is 3.39. The average Bonchev–Trinajstić information content (AvgIpc) is 2.99. The number of hydrogen-bond acceptors (Lipinski definition) is 5. The Hall–Kier alpha value is -2.83. The van der Waals surface area contributed by atoms with E-state index in [4.69, 9.17) is 4.74 Å². The lowest BCUT2D eigenvalue weighted by Gasteiger charge is -2.19. The molecule has 3 aromatic rings. The molecule has 0 unspecified atom stereocenters. The number of pyridine rings is 1. The van der Waals surface area contributed by atoms with E-state index in [2.05, 4.69) is 19.9 Å². The monoisotopic (exact) mass is 299 g/mol. The van der Waals surface area contributed by atoms with Gasteiger partial charge >= 0.3 is 0 Å². The minimum Gasteiger partial charge on any atom is -0.491 e. The topological polar surface area (TPSA) is 86.9 Å². The maximum atomic E-state index is 12.4. The first-order valence-electron chi connectivity index (χ1n) is 6.86. The summed E-state index contributed by atoms with van der Waals surface area (Å²) in [5, 5.41) is 0.917. The first kappa shape index (κ1) is 14.1. The molecule has 22 heavy (non-hydrogen) atoms. The van der Waals surface area contributed by atoms with Crippen LogP contribution in [0.2, 0.25) is 0 Å². The van der Waals surface area contributed by atoms with Gasteiger partial charge in [0.15, 0.2) is 5.75 Å². The molecule has 0 radical (unpaired) electrons. The SMILES string of the molecule is COc1c(C)[nH]cc(CN(C)c2ncnc3[nH]ccc23)c1=O. The Labute approximate surface area is 127 Å². The van der Waals surface area contributed by atoms with Gasteiger partial charge in [-0.3, -0.25) is 4.79 Å². The number of fused-ring (bicyclic) bond motifs is 1. The van der Waals surface area contributed by atoms with E-state index >= 15 is 0 Å². The van der Waals surface area contributed by atoms with Gasteiger partial charge in [-0.1, -0.05) is 0 Å². The lowest BCUT2D eigenvalue weighted by Crippen LogP contribution is -2.24. The highest BCUT2D eigenvalue weighted by Crippen LogP contribution is 2.22. The lowest BCUT2D eigenvalue weighted by molar-refractivity contribution is 0.404. The molecular weight excluding hydrogens is 282 g/mol.